The highest BCUT2D eigenvalue weighted by atomic mass is 32.3. The number of quaternary nitrogens is 1. The number of hydrogen-bond donors (Lipinski definition) is 3. The Balaban J connectivity index is 2.20. The molecule has 2 unspecified atom stereocenters. The van der Waals surface area contributed by atoms with Crippen LogP contribution in [0.5, 0.6) is 0 Å². The molecule has 0 saturated carbocycles. The molecule has 2 aliphatic rings. The summed E-state index contributed by atoms with van der Waals surface area (Å²) in [6, 6.07) is -1.84. The maximum absolute atomic E-state index is 11.8. The van der Waals surface area contributed by atoms with Gasteiger partial charge in [0.15, 0.2) is 6.04 Å². The predicted octanol–water partition coefficient (Wildman–Crippen LogP) is -2.94. The Morgan fingerprint density at radius 1 is 1.53 bits per heavy atom. The minimum Gasteiger partial charge on any atom is -0.364 e. The average Bonchev–Trinajstić information content (AvgIpc) is 2.42. The Morgan fingerprint density at radius 3 is 2.71 bits per heavy atom. The maximum Gasteiger partial charge on any atom is 0.443 e. The van der Waals surface area contributed by atoms with Gasteiger partial charge in [-0.3, -0.25) is 9.35 Å². The molecule has 0 spiro atoms. The number of fused-ring (bicyclic) bond motifs is 2. The van der Waals surface area contributed by atoms with Gasteiger partial charge in [0.1, 0.15) is 12.6 Å². The number of carbonyl (C=O) groups is 2. The molecule has 2 saturated heterocycles. The third-order valence-corrected chi connectivity index (χ3v) is 3.34. The number of nitrogens with two attached hydrogens (primary N) is 1. The number of urea groups is 1. The van der Waals surface area contributed by atoms with Gasteiger partial charge in [0.25, 0.3) is 5.91 Å². The van der Waals surface area contributed by atoms with E-state index >= 15 is 0 Å². The second-order valence-electron chi connectivity index (χ2n) is 4.05. The largest absolute Gasteiger partial charge is 0.443 e. The van der Waals surface area contributed by atoms with Gasteiger partial charge in [-0.25, -0.2) is 9.69 Å². The summed E-state index contributed by atoms with van der Waals surface area (Å²) in [7, 11) is -4.74. The number of carbonyl (C=O) groups excluding carboxylic acids is 2. The lowest BCUT2D eigenvalue weighted by molar-refractivity contribution is -0.830. The standard InChI is InChI=1S/C7H11N3O6S/c8-6(11)5-2-1-4-3-9(5)7(12)10(4)16-17(13,14)15/h4-5H,1-3H2,(H2,8,11)(H,13,14,15)/p+1/t4-,5?/m1/s1. The van der Waals surface area contributed by atoms with E-state index in [2.05, 4.69) is 4.28 Å². The van der Waals surface area contributed by atoms with E-state index < -0.39 is 34.4 Å². The molecule has 3 atom stereocenters. The van der Waals surface area contributed by atoms with Gasteiger partial charge in [-0.2, -0.15) is 8.42 Å². The minimum atomic E-state index is -4.74. The van der Waals surface area contributed by atoms with Crippen LogP contribution in [0, 0.1) is 0 Å². The number of hydrogen-bond acceptors (Lipinski definition) is 5. The highest BCUT2D eigenvalue weighted by Gasteiger charge is 2.53. The summed E-state index contributed by atoms with van der Waals surface area (Å²) in [5.41, 5.74) is 5.15. The van der Waals surface area contributed by atoms with E-state index in [0.29, 0.717) is 17.9 Å². The van der Waals surface area contributed by atoms with Crippen LogP contribution in [-0.4, -0.2) is 48.6 Å². The van der Waals surface area contributed by atoms with Crippen molar-refractivity contribution in [1.29, 1.82) is 0 Å². The lowest BCUT2D eigenvalue weighted by Crippen LogP contribution is -3.18. The molecule has 17 heavy (non-hydrogen) atoms. The van der Waals surface area contributed by atoms with Gasteiger partial charge in [-0.05, 0) is 6.42 Å². The number of nitrogens with one attached hydrogen (secondary N) is 1. The van der Waals surface area contributed by atoms with E-state index in [9.17, 15) is 18.0 Å². The molecule has 2 bridgehead atoms. The zero-order valence-corrected chi connectivity index (χ0v) is 9.51. The maximum atomic E-state index is 11.8. The first-order chi connectivity index (χ1) is 7.79. The highest BCUT2D eigenvalue weighted by molar-refractivity contribution is 7.80. The number of hydroxylamine groups is 2. The summed E-state index contributed by atoms with van der Waals surface area (Å²) < 4.78 is 33.9. The first-order valence-corrected chi connectivity index (χ1v) is 6.31. The summed E-state index contributed by atoms with van der Waals surface area (Å²) >= 11 is 0. The van der Waals surface area contributed by atoms with Gasteiger partial charge in [0, 0.05) is 6.42 Å². The minimum absolute atomic E-state index is 0.238. The van der Waals surface area contributed by atoms with Crippen molar-refractivity contribution in [2.24, 2.45) is 5.73 Å². The fourth-order valence-electron chi connectivity index (χ4n) is 2.29. The van der Waals surface area contributed by atoms with Crippen molar-refractivity contribution in [2.75, 3.05) is 6.54 Å². The Morgan fingerprint density at radius 2 is 2.18 bits per heavy atom. The third-order valence-electron chi connectivity index (χ3n) is 2.99. The fourth-order valence-corrected chi connectivity index (χ4v) is 2.68. The molecule has 9 nitrogen and oxygen atoms in total. The zero-order chi connectivity index (χ0) is 12.8. The molecule has 96 valence electrons. The van der Waals surface area contributed by atoms with E-state index in [1.807, 2.05) is 0 Å². The lowest BCUT2D eigenvalue weighted by atomic mass is 10.0. The molecule has 3 amide bonds. The van der Waals surface area contributed by atoms with Crippen LogP contribution in [0.25, 0.3) is 0 Å². The van der Waals surface area contributed by atoms with E-state index in [-0.39, 0.29) is 11.4 Å². The van der Waals surface area contributed by atoms with Crippen LogP contribution in [0.15, 0.2) is 0 Å². The van der Waals surface area contributed by atoms with Crippen molar-refractivity contribution in [3.8, 4) is 0 Å². The van der Waals surface area contributed by atoms with Crippen LogP contribution >= 0.6 is 0 Å². The molecule has 2 fully saturated rings. The monoisotopic (exact) mass is 266 g/mol. The molecule has 0 aromatic heterocycles. The molecule has 2 rings (SSSR count). The average molecular weight is 266 g/mol. The second-order valence-corrected chi connectivity index (χ2v) is 5.05. The Labute approximate surface area is 97.0 Å². The van der Waals surface area contributed by atoms with E-state index in [4.69, 9.17) is 10.3 Å². The van der Waals surface area contributed by atoms with Crippen molar-refractivity contribution in [1.82, 2.24) is 5.06 Å². The molecule has 0 aliphatic carbocycles. The SMILES string of the molecule is NC(=O)C1CC[C@@H]2C[NH+]1C(=O)N2OS(=O)(=O)O. The van der Waals surface area contributed by atoms with Gasteiger partial charge in [-0.15, -0.1) is 9.35 Å². The van der Waals surface area contributed by atoms with Crippen molar-refractivity contribution in [2.45, 2.75) is 24.9 Å². The second kappa shape index (κ2) is 3.91. The van der Waals surface area contributed by atoms with Crippen LogP contribution in [-0.2, 0) is 19.5 Å². The summed E-state index contributed by atoms with van der Waals surface area (Å²) in [5, 5.41) is 0.605. The molecule has 0 aromatic carbocycles. The van der Waals surface area contributed by atoms with Gasteiger partial charge >= 0.3 is 16.4 Å². The van der Waals surface area contributed by atoms with Crippen molar-refractivity contribution < 1.29 is 31.7 Å². The molecule has 0 radical (unpaired) electrons. The van der Waals surface area contributed by atoms with Crippen molar-refractivity contribution >= 4 is 22.3 Å². The van der Waals surface area contributed by atoms with Gasteiger partial charge in [-0.1, -0.05) is 0 Å². The predicted molar refractivity (Wildman–Crippen MR) is 51.7 cm³/mol. The van der Waals surface area contributed by atoms with Crippen molar-refractivity contribution in [3.05, 3.63) is 0 Å². The van der Waals surface area contributed by atoms with Crippen LogP contribution in [0.2, 0.25) is 0 Å². The molecule has 10 heteroatoms. The topological polar surface area (TPSA) is 131 Å². The number of primary amides is 1. The summed E-state index contributed by atoms with van der Waals surface area (Å²) in [6.07, 6.45) is 0.783. The Bertz CT molecular complexity index is 462. The van der Waals surface area contributed by atoms with E-state index in [1.54, 1.807) is 0 Å². The number of nitrogens with zero attached hydrogens (tertiary/aromatic N) is 1. The zero-order valence-electron chi connectivity index (χ0n) is 8.70. The number of amides is 3. The molecule has 2 heterocycles. The quantitative estimate of drug-likeness (QED) is 0.468. The summed E-state index contributed by atoms with van der Waals surface area (Å²) in [4.78, 5) is 23.1. The summed E-state index contributed by atoms with van der Waals surface area (Å²) in [6.45, 7) is 0.238. The molecule has 2 aliphatic heterocycles. The van der Waals surface area contributed by atoms with Crippen LogP contribution in [0.4, 0.5) is 4.79 Å². The first kappa shape index (κ1) is 12.2. The molecule has 0 aromatic rings. The van der Waals surface area contributed by atoms with Gasteiger partial charge in [0.2, 0.25) is 0 Å². The first-order valence-electron chi connectivity index (χ1n) is 4.95. The highest BCUT2D eigenvalue weighted by Crippen LogP contribution is 2.18. The molecule has 4 N–H and O–H groups in total. The van der Waals surface area contributed by atoms with Crippen molar-refractivity contribution in [3.63, 3.8) is 0 Å². The Kier molecular flexibility index (Phi) is 2.81. The number of piperidine rings is 1. The molecular weight excluding hydrogens is 254 g/mol. The van der Waals surface area contributed by atoms with Gasteiger partial charge < -0.3 is 5.73 Å². The van der Waals surface area contributed by atoms with Crippen LogP contribution in [0.1, 0.15) is 12.8 Å². The fraction of sp³-hybridized carbons (Fsp3) is 0.714. The van der Waals surface area contributed by atoms with Gasteiger partial charge in [0.05, 0.1) is 0 Å². The van der Waals surface area contributed by atoms with E-state index in [1.165, 1.54) is 0 Å². The smallest absolute Gasteiger partial charge is 0.364 e. The van der Waals surface area contributed by atoms with E-state index in [0.717, 1.165) is 0 Å². The van der Waals surface area contributed by atoms with Crippen LogP contribution in [0.3, 0.4) is 0 Å². The number of rotatable bonds is 3. The molecular formula is C7H12N3O6S+. The third kappa shape index (κ3) is 2.24. The lowest BCUT2D eigenvalue weighted by Gasteiger charge is -2.22. The normalized spacial score (nSPS) is 32.9. The van der Waals surface area contributed by atoms with Crippen LogP contribution < -0.4 is 10.6 Å². The Hall–Kier alpha value is -1.23. The summed E-state index contributed by atoms with van der Waals surface area (Å²) in [5.74, 6) is -0.611.